The highest BCUT2D eigenvalue weighted by atomic mass is 16.5. The average Bonchev–Trinajstić information content (AvgIpc) is 2.47. The Labute approximate surface area is 74.1 Å². The van der Waals surface area contributed by atoms with Gasteiger partial charge in [-0.05, 0) is 19.8 Å². The van der Waals surface area contributed by atoms with E-state index < -0.39 is 0 Å². The number of aliphatic hydroxyl groups is 1. The predicted molar refractivity (Wildman–Crippen MR) is 48.1 cm³/mol. The van der Waals surface area contributed by atoms with Gasteiger partial charge in [-0.15, -0.1) is 0 Å². The topological polar surface area (TPSA) is 41.5 Å². The van der Waals surface area contributed by atoms with E-state index in [0.717, 1.165) is 19.4 Å². The molecule has 12 heavy (non-hydrogen) atoms. The third kappa shape index (κ3) is 2.44. The van der Waals surface area contributed by atoms with Crippen LogP contribution < -0.4 is 5.32 Å². The molecular formula is C9H19NO2. The van der Waals surface area contributed by atoms with Gasteiger partial charge in [-0.3, -0.25) is 0 Å². The molecule has 3 heteroatoms. The van der Waals surface area contributed by atoms with Crippen LogP contribution in [0.25, 0.3) is 0 Å². The van der Waals surface area contributed by atoms with Crippen LogP contribution in [-0.2, 0) is 4.74 Å². The second-order valence-corrected chi connectivity index (χ2v) is 3.43. The molecule has 0 saturated carbocycles. The lowest BCUT2D eigenvalue weighted by atomic mass is 10.1. The first-order valence-electron chi connectivity index (χ1n) is 4.76. The van der Waals surface area contributed by atoms with E-state index in [2.05, 4.69) is 19.2 Å². The van der Waals surface area contributed by atoms with Crippen molar-refractivity contribution in [1.29, 1.82) is 0 Å². The molecule has 72 valence electrons. The molecule has 3 atom stereocenters. The predicted octanol–water partition coefficient (Wildman–Crippen LogP) is 0.524. The molecule has 1 fully saturated rings. The zero-order valence-corrected chi connectivity index (χ0v) is 7.92. The third-order valence-electron chi connectivity index (χ3n) is 2.54. The molecule has 1 saturated heterocycles. The van der Waals surface area contributed by atoms with E-state index in [1.54, 1.807) is 0 Å². The number of nitrogens with one attached hydrogen (secondary N) is 1. The summed E-state index contributed by atoms with van der Waals surface area (Å²) in [6.45, 7) is 5.23. The molecule has 0 amide bonds. The fourth-order valence-corrected chi connectivity index (χ4v) is 1.55. The van der Waals surface area contributed by atoms with Crippen molar-refractivity contribution in [2.75, 3.05) is 13.2 Å². The summed E-state index contributed by atoms with van der Waals surface area (Å²) >= 11 is 0. The Kier molecular flexibility index (Phi) is 3.98. The molecule has 0 aliphatic carbocycles. The number of hydrogen-bond donors (Lipinski definition) is 2. The Hall–Kier alpha value is -0.120. The van der Waals surface area contributed by atoms with Crippen molar-refractivity contribution in [3.63, 3.8) is 0 Å². The molecule has 0 aromatic heterocycles. The van der Waals surface area contributed by atoms with Crippen LogP contribution in [0.3, 0.4) is 0 Å². The lowest BCUT2D eigenvalue weighted by molar-refractivity contribution is 0.107. The molecule has 1 heterocycles. The SMILES string of the molecule is CC[C@H](CO)N[C@H]1CCO[C@@H]1C. The van der Waals surface area contributed by atoms with E-state index >= 15 is 0 Å². The first-order valence-corrected chi connectivity index (χ1v) is 4.76. The summed E-state index contributed by atoms with van der Waals surface area (Å²) < 4.78 is 5.41. The third-order valence-corrected chi connectivity index (χ3v) is 2.54. The molecule has 1 rings (SSSR count). The van der Waals surface area contributed by atoms with Gasteiger partial charge in [-0.1, -0.05) is 6.92 Å². The summed E-state index contributed by atoms with van der Waals surface area (Å²) in [5.74, 6) is 0. The Morgan fingerprint density at radius 2 is 2.42 bits per heavy atom. The van der Waals surface area contributed by atoms with Crippen molar-refractivity contribution < 1.29 is 9.84 Å². The molecule has 0 spiro atoms. The smallest absolute Gasteiger partial charge is 0.0700 e. The standard InChI is InChI=1S/C9H19NO2/c1-3-8(6-11)10-9-4-5-12-7(9)2/h7-11H,3-6H2,1-2H3/t7-,8-,9+/m1/s1. The second kappa shape index (κ2) is 4.80. The molecule has 0 radical (unpaired) electrons. The minimum Gasteiger partial charge on any atom is -0.395 e. The number of ether oxygens (including phenoxy) is 1. The molecule has 0 bridgehead atoms. The first-order chi connectivity index (χ1) is 5.77. The summed E-state index contributed by atoms with van der Waals surface area (Å²) in [4.78, 5) is 0. The van der Waals surface area contributed by atoms with Gasteiger partial charge in [0, 0.05) is 18.7 Å². The van der Waals surface area contributed by atoms with Gasteiger partial charge in [0.2, 0.25) is 0 Å². The zero-order chi connectivity index (χ0) is 8.97. The molecule has 3 nitrogen and oxygen atoms in total. The van der Waals surface area contributed by atoms with E-state index in [4.69, 9.17) is 9.84 Å². The summed E-state index contributed by atoms with van der Waals surface area (Å²) in [6, 6.07) is 0.668. The summed E-state index contributed by atoms with van der Waals surface area (Å²) in [6.07, 6.45) is 2.34. The van der Waals surface area contributed by atoms with Gasteiger partial charge in [0.1, 0.15) is 0 Å². The first kappa shape index (κ1) is 9.96. The van der Waals surface area contributed by atoms with Crippen LogP contribution in [0.5, 0.6) is 0 Å². The maximum atomic E-state index is 8.97. The van der Waals surface area contributed by atoms with Crippen LogP contribution in [-0.4, -0.2) is 36.5 Å². The highest BCUT2D eigenvalue weighted by Crippen LogP contribution is 2.13. The van der Waals surface area contributed by atoms with Crippen LogP contribution in [0, 0.1) is 0 Å². The lowest BCUT2D eigenvalue weighted by Crippen LogP contribution is -2.43. The molecule has 1 aliphatic heterocycles. The molecule has 0 unspecified atom stereocenters. The van der Waals surface area contributed by atoms with Gasteiger partial charge in [0.05, 0.1) is 12.7 Å². The van der Waals surface area contributed by atoms with Gasteiger partial charge in [0.25, 0.3) is 0 Å². The normalized spacial score (nSPS) is 32.2. The minimum absolute atomic E-state index is 0.222. The highest BCUT2D eigenvalue weighted by molar-refractivity contribution is 4.82. The summed E-state index contributed by atoms with van der Waals surface area (Å²) in [7, 11) is 0. The van der Waals surface area contributed by atoms with E-state index in [9.17, 15) is 0 Å². The van der Waals surface area contributed by atoms with E-state index in [-0.39, 0.29) is 12.6 Å². The average molecular weight is 173 g/mol. The van der Waals surface area contributed by atoms with Gasteiger partial charge in [-0.25, -0.2) is 0 Å². The van der Waals surface area contributed by atoms with Crippen molar-refractivity contribution in [2.24, 2.45) is 0 Å². The van der Waals surface area contributed by atoms with Crippen molar-refractivity contribution in [3.05, 3.63) is 0 Å². The molecule has 2 N–H and O–H groups in total. The zero-order valence-electron chi connectivity index (χ0n) is 7.92. The van der Waals surface area contributed by atoms with Crippen LogP contribution in [0.15, 0.2) is 0 Å². The van der Waals surface area contributed by atoms with Crippen LogP contribution in [0.2, 0.25) is 0 Å². The van der Waals surface area contributed by atoms with Gasteiger partial charge < -0.3 is 15.2 Å². The van der Waals surface area contributed by atoms with Crippen molar-refractivity contribution in [1.82, 2.24) is 5.32 Å². The second-order valence-electron chi connectivity index (χ2n) is 3.43. The Morgan fingerprint density at radius 1 is 1.67 bits per heavy atom. The van der Waals surface area contributed by atoms with E-state index in [1.165, 1.54) is 0 Å². The fraction of sp³-hybridized carbons (Fsp3) is 1.00. The number of rotatable bonds is 4. The van der Waals surface area contributed by atoms with E-state index in [0.29, 0.717) is 12.1 Å². The molecular weight excluding hydrogens is 154 g/mol. The largest absolute Gasteiger partial charge is 0.395 e. The fourth-order valence-electron chi connectivity index (χ4n) is 1.55. The van der Waals surface area contributed by atoms with Gasteiger partial charge in [0.15, 0.2) is 0 Å². The van der Waals surface area contributed by atoms with Crippen LogP contribution in [0.1, 0.15) is 26.7 Å². The van der Waals surface area contributed by atoms with Crippen molar-refractivity contribution >= 4 is 0 Å². The maximum absolute atomic E-state index is 8.97. The molecule has 1 aliphatic rings. The highest BCUT2D eigenvalue weighted by Gasteiger charge is 2.25. The molecule has 0 aromatic rings. The number of hydrogen-bond acceptors (Lipinski definition) is 3. The monoisotopic (exact) mass is 173 g/mol. The van der Waals surface area contributed by atoms with Crippen LogP contribution >= 0.6 is 0 Å². The van der Waals surface area contributed by atoms with Crippen molar-refractivity contribution in [2.45, 2.75) is 44.9 Å². The quantitative estimate of drug-likeness (QED) is 0.651. The van der Waals surface area contributed by atoms with Crippen LogP contribution in [0.4, 0.5) is 0 Å². The Balaban J connectivity index is 2.28. The summed E-state index contributed by atoms with van der Waals surface area (Å²) in [5.41, 5.74) is 0. The number of aliphatic hydroxyl groups excluding tert-OH is 1. The van der Waals surface area contributed by atoms with Gasteiger partial charge in [-0.2, -0.15) is 0 Å². The minimum atomic E-state index is 0.222. The lowest BCUT2D eigenvalue weighted by Gasteiger charge is -2.21. The maximum Gasteiger partial charge on any atom is 0.0700 e. The summed E-state index contributed by atoms with van der Waals surface area (Å²) in [5, 5.41) is 12.4. The Bertz CT molecular complexity index is 126. The van der Waals surface area contributed by atoms with E-state index in [1.807, 2.05) is 0 Å². The molecule has 0 aromatic carbocycles. The van der Waals surface area contributed by atoms with Crippen molar-refractivity contribution in [3.8, 4) is 0 Å². The van der Waals surface area contributed by atoms with Gasteiger partial charge >= 0.3 is 0 Å². The Morgan fingerprint density at radius 3 is 2.83 bits per heavy atom.